The number of hydrogen-bond acceptors (Lipinski definition) is 3. The van der Waals surface area contributed by atoms with Crippen molar-refractivity contribution in [2.75, 3.05) is 12.3 Å². The van der Waals surface area contributed by atoms with Crippen molar-refractivity contribution >= 4 is 22.8 Å². The highest BCUT2D eigenvalue weighted by Gasteiger charge is 2.09. The molecule has 80 valence electrons. The molecule has 0 fully saturated rings. The van der Waals surface area contributed by atoms with Gasteiger partial charge in [-0.2, -0.15) is 0 Å². The maximum Gasteiger partial charge on any atom is 0.225 e. The maximum atomic E-state index is 11.4. The van der Waals surface area contributed by atoms with Gasteiger partial charge in [0.1, 0.15) is 0 Å². The zero-order valence-corrected chi connectivity index (χ0v) is 9.53. The van der Waals surface area contributed by atoms with Crippen LogP contribution in [0.3, 0.4) is 0 Å². The lowest BCUT2D eigenvalue weighted by Gasteiger charge is -2.02. The Morgan fingerprint density at radius 1 is 1.50 bits per heavy atom. The summed E-state index contributed by atoms with van der Waals surface area (Å²) in [6.07, 6.45) is 5.23. The minimum absolute atomic E-state index is 0.120. The number of thioether (sulfide) groups is 1. The highest BCUT2D eigenvalue weighted by molar-refractivity contribution is 8.14. The van der Waals surface area contributed by atoms with Crippen molar-refractivity contribution < 1.29 is 4.79 Å². The van der Waals surface area contributed by atoms with E-state index in [9.17, 15) is 4.79 Å². The van der Waals surface area contributed by atoms with Gasteiger partial charge in [0.15, 0.2) is 5.17 Å². The molecule has 1 rings (SSSR count). The summed E-state index contributed by atoms with van der Waals surface area (Å²) in [5.41, 5.74) is 0. The molecule has 0 bridgehead atoms. The molecule has 0 radical (unpaired) electrons. The number of nitrogens with one attached hydrogen (secondary N) is 1. The first-order chi connectivity index (χ1) is 6.83. The maximum absolute atomic E-state index is 11.4. The summed E-state index contributed by atoms with van der Waals surface area (Å²) in [4.78, 5) is 15.5. The Labute approximate surface area is 89.7 Å². The van der Waals surface area contributed by atoms with Crippen LogP contribution in [0.2, 0.25) is 0 Å². The first-order valence-electron chi connectivity index (χ1n) is 5.30. The van der Waals surface area contributed by atoms with E-state index in [1.807, 2.05) is 0 Å². The third-order valence-electron chi connectivity index (χ3n) is 2.09. The number of aliphatic imine (C=N–C) groups is 1. The van der Waals surface area contributed by atoms with Crippen LogP contribution in [0.1, 0.15) is 39.0 Å². The van der Waals surface area contributed by atoms with E-state index in [0.717, 1.165) is 30.3 Å². The van der Waals surface area contributed by atoms with Gasteiger partial charge < -0.3 is 5.32 Å². The molecular weight excluding hydrogens is 196 g/mol. The molecule has 3 nitrogen and oxygen atoms in total. The summed E-state index contributed by atoms with van der Waals surface area (Å²) in [7, 11) is 0. The molecular formula is C10H18N2OS. The van der Waals surface area contributed by atoms with Gasteiger partial charge in [-0.15, -0.1) is 0 Å². The predicted octanol–water partition coefficient (Wildman–Crippen LogP) is 2.18. The van der Waals surface area contributed by atoms with Crippen molar-refractivity contribution in [3.05, 3.63) is 0 Å². The smallest absolute Gasteiger partial charge is 0.225 e. The van der Waals surface area contributed by atoms with Gasteiger partial charge in [-0.05, 0) is 6.42 Å². The van der Waals surface area contributed by atoms with Crippen LogP contribution >= 0.6 is 11.8 Å². The van der Waals surface area contributed by atoms with Crippen LogP contribution in [0.25, 0.3) is 0 Å². The quantitative estimate of drug-likeness (QED) is 0.713. The lowest BCUT2D eigenvalue weighted by atomic mass is 10.1. The number of hydrogen-bond donors (Lipinski definition) is 1. The molecule has 0 saturated carbocycles. The zero-order chi connectivity index (χ0) is 10.2. The van der Waals surface area contributed by atoms with Gasteiger partial charge >= 0.3 is 0 Å². The Bertz CT molecular complexity index is 216. The topological polar surface area (TPSA) is 41.5 Å². The molecule has 0 aromatic carbocycles. The lowest BCUT2D eigenvalue weighted by molar-refractivity contribution is -0.119. The van der Waals surface area contributed by atoms with Gasteiger partial charge in [0.05, 0.1) is 6.54 Å². The first-order valence-corrected chi connectivity index (χ1v) is 6.28. The summed E-state index contributed by atoms with van der Waals surface area (Å²) < 4.78 is 0. The molecule has 1 N–H and O–H groups in total. The van der Waals surface area contributed by atoms with Crippen LogP contribution in [0.15, 0.2) is 4.99 Å². The minimum Gasteiger partial charge on any atom is -0.305 e. The molecule has 1 aliphatic heterocycles. The standard InChI is InChI=1S/C10H18N2OS/c1-2-3-4-5-6-9(13)12-10-11-7-8-14-10/h2-8H2,1H3,(H,11,12,13). The minimum atomic E-state index is 0.120. The second kappa shape index (κ2) is 6.87. The number of carbonyl (C=O) groups excluding carboxylic acids is 1. The number of carbonyl (C=O) groups is 1. The van der Waals surface area contributed by atoms with Crippen LogP contribution in [0, 0.1) is 0 Å². The molecule has 1 aliphatic rings. The van der Waals surface area contributed by atoms with Gasteiger partial charge in [-0.1, -0.05) is 37.9 Å². The predicted molar refractivity (Wildman–Crippen MR) is 61.7 cm³/mol. The molecule has 0 spiro atoms. The molecule has 4 heteroatoms. The summed E-state index contributed by atoms with van der Waals surface area (Å²) >= 11 is 1.63. The van der Waals surface area contributed by atoms with E-state index in [1.165, 1.54) is 12.8 Å². The van der Waals surface area contributed by atoms with Gasteiger partial charge in [-0.25, -0.2) is 0 Å². The van der Waals surface area contributed by atoms with Crippen molar-refractivity contribution in [3.8, 4) is 0 Å². The highest BCUT2D eigenvalue weighted by Crippen LogP contribution is 2.09. The SMILES string of the molecule is CCCCCCC(=O)NC1=NCCS1. The largest absolute Gasteiger partial charge is 0.305 e. The lowest BCUT2D eigenvalue weighted by Crippen LogP contribution is -2.26. The third-order valence-corrected chi connectivity index (χ3v) is 2.98. The molecule has 0 aromatic heterocycles. The molecule has 0 saturated heterocycles. The average Bonchev–Trinajstić information content (AvgIpc) is 2.65. The van der Waals surface area contributed by atoms with E-state index in [4.69, 9.17) is 0 Å². The van der Waals surface area contributed by atoms with Crippen LogP contribution in [-0.2, 0) is 4.79 Å². The third kappa shape index (κ3) is 4.65. The molecule has 0 aliphatic carbocycles. The molecule has 0 aromatic rings. The van der Waals surface area contributed by atoms with E-state index in [0.29, 0.717) is 6.42 Å². The van der Waals surface area contributed by atoms with Gasteiger partial charge in [-0.3, -0.25) is 9.79 Å². The summed E-state index contributed by atoms with van der Waals surface area (Å²) in [5.74, 6) is 1.13. The Kier molecular flexibility index (Phi) is 5.68. The van der Waals surface area contributed by atoms with E-state index >= 15 is 0 Å². The molecule has 14 heavy (non-hydrogen) atoms. The second-order valence-electron chi connectivity index (χ2n) is 3.39. The first kappa shape index (κ1) is 11.6. The Hall–Kier alpha value is -0.510. The molecule has 1 amide bonds. The van der Waals surface area contributed by atoms with Gasteiger partial charge in [0.25, 0.3) is 0 Å². The molecule has 0 unspecified atom stereocenters. The molecule has 0 atom stereocenters. The van der Waals surface area contributed by atoms with Crippen molar-refractivity contribution in [1.29, 1.82) is 0 Å². The fourth-order valence-electron chi connectivity index (χ4n) is 1.30. The fourth-order valence-corrected chi connectivity index (χ4v) is 2.05. The van der Waals surface area contributed by atoms with E-state index in [2.05, 4.69) is 17.2 Å². The van der Waals surface area contributed by atoms with E-state index < -0.39 is 0 Å². The van der Waals surface area contributed by atoms with Crippen LogP contribution < -0.4 is 5.32 Å². The summed E-state index contributed by atoms with van der Waals surface area (Å²) in [6, 6.07) is 0. The van der Waals surface area contributed by atoms with Gasteiger partial charge in [0.2, 0.25) is 5.91 Å². The van der Waals surface area contributed by atoms with Crippen molar-refractivity contribution in [2.24, 2.45) is 4.99 Å². The zero-order valence-electron chi connectivity index (χ0n) is 8.71. The van der Waals surface area contributed by atoms with E-state index in [1.54, 1.807) is 11.8 Å². The van der Waals surface area contributed by atoms with E-state index in [-0.39, 0.29) is 5.91 Å². The number of unbranched alkanes of at least 4 members (excludes halogenated alkanes) is 3. The van der Waals surface area contributed by atoms with Crippen LogP contribution in [0.5, 0.6) is 0 Å². The monoisotopic (exact) mass is 214 g/mol. The van der Waals surface area contributed by atoms with Crippen molar-refractivity contribution in [1.82, 2.24) is 5.32 Å². The van der Waals surface area contributed by atoms with Crippen molar-refractivity contribution in [2.45, 2.75) is 39.0 Å². The van der Waals surface area contributed by atoms with Crippen LogP contribution in [-0.4, -0.2) is 23.4 Å². The Balaban J connectivity index is 2.04. The number of amidine groups is 1. The highest BCUT2D eigenvalue weighted by atomic mass is 32.2. The normalized spacial score (nSPS) is 15.4. The summed E-state index contributed by atoms with van der Waals surface area (Å²) in [5, 5.41) is 3.64. The number of rotatable bonds is 5. The van der Waals surface area contributed by atoms with Gasteiger partial charge in [0, 0.05) is 12.2 Å². The fraction of sp³-hybridized carbons (Fsp3) is 0.800. The van der Waals surface area contributed by atoms with Crippen LogP contribution in [0.4, 0.5) is 0 Å². The molecule has 1 heterocycles. The average molecular weight is 214 g/mol. The second-order valence-corrected chi connectivity index (χ2v) is 4.48. The number of amides is 1. The number of nitrogens with zero attached hydrogens (tertiary/aromatic N) is 1. The Morgan fingerprint density at radius 3 is 3.00 bits per heavy atom. The summed E-state index contributed by atoms with van der Waals surface area (Å²) in [6.45, 7) is 3.01. The van der Waals surface area contributed by atoms with Crippen molar-refractivity contribution in [3.63, 3.8) is 0 Å². The Morgan fingerprint density at radius 2 is 2.36 bits per heavy atom.